The van der Waals surface area contributed by atoms with Gasteiger partial charge in [0.05, 0.1) is 11.6 Å². The number of rotatable bonds is 4. The fourth-order valence-corrected chi connectivity index (χ4v) is 1.19. The van der Waals surface area contributed by atoms with Gasteiger partial charge in [-0.25, -0.2) is 0 Å². The van der Waals surface area contributed by atoms with Gasteiger partial charge in [0, 0.05) is 0 Å². The minimum atomic E-state index is 0.718. The van der Waals surface area contributed by atoms with Crippen molar-refractivity contribution in [1.29, 1.82) is 5.26 Å². The summed E-state index contributed by atoms with van der Waals surface area (Å²) in [4.78, 5) is 0. The molecule has 0 amide bonds. The SMILES string of the molecule is C=CC=CCCc1ccc(C#N)cc1. The molecule has 0 spiro atoms. The first-order chi connectivity index (χ1) is 6.86. The summed E-state index contributed by atoms with van der Waals surface area (Å²) in [5.74, 6) is 0. The van der Waals surface area contributed by atoms with Crippen molar-refractivity contribution in [2.75, 3.05) is 0 Å². The van der Waals surface area contributed by atoms with Crippen LogP contribution >= 0.6 is 0 Å². The van der Waals surface area contributed by atoms with Crippen LogP contribution in [0.15, 0.2) is 49.1 Å². The van der Waals surface area contributed by atoms with Crippen LogP contribution in [-0.4, -0.2) is 0 Å². The zero-order chi connectivity index (χ0) is 10.2. The van der Waals surface area contributed by atoms with Crippen LogP contribution in [0, 0.1) is 11.3 Å². The topological polar surface area (TPSA) is 23.8 Å². The van der Waals surface area contributed by atoms with Gasteiger partial charge in [0.15, 0.2) is 0 Å². The Balaban J connectivity index is 2.48. The van der Waals surface area contributed by atoms with Crippen LogP contribution in [0.2, 0.25) is 0 Å². The molecule has 1 rings (SSSR count). The third-order valence-electron chi connectivity index (χ3n) is 1.95. The van der Waals surface area contributed by atoms with E-state index in [0.717, 1.165) is 18.4 Å². The number of hydrogen-bond donors (Lipinski definition) is 0. The Morgan fingerprint density at radius 3 is 2.57 bits per heavy atom. The highest BCUT2D eigenvalue weighted by molar-refractivity contribution is 5.31. The van der Waals surface area contributed by atoms with Gasteiger partial charge in [-0.2, -0.15) is 5.26 Å². The van der Waals surface area contributed by atoms with Crippen LogP contribution in [0.25, 0.3) is 0 Å². The molecule has 1 aromatic carbocycles. The van der Waals surface area contributed by atoms with Crippen molar-refractivity contribution < 1.29 is 0 Å². The van der Waals surface area contributed by atoms with Crippen molar-refractivity contribution in [3.05, 3.63) is 60.2 Å². The first-order valence-electron chi connectivity index (χ1n) is 4.63. The molecule has 0 heterocycles. The van der Waals surface area contributed by atoms with Crippen LogP contribution < -0.4 is 0 Å². The zero-order valence-electron chi connectivity index (χ0n) is 8.11. The molecule has 0 saturated carbocycles. The van der Waals surface area contributed by atoms with Crippen LogP contribution in [0.1, 0.15) is 17.5 Å². The van der Waals surface area contributed by atoms with E-state index in [-0.39, 0.29) is 0 Å². The molecule has 0 aliphatic heterocycles. The molecule has 0 radical (unpaired) electrons. The Hall–Kier alpha value is -1.81. The molecule has 0 atom stereocenters. The number of allylic oxidation sites excluding steroid dienone is 3. The molecule has 0 saturated heterocycles. The number of benzene rings is 1. The molecule has 0 fully saturated rings. The maximum atomic E-state index is 8.60. The predicted molar refractivity (Wildman–Crippen MR) is 58.8 cm³/mol. The van der Waals surface area contributed by atoms with E-state index in [1.807, 2.05) is 30.3 Å². The van der Waals surface area contributed by atoms with E-state index >= 15 is 0 Å². The standard InChI is InChI=1S/C13H13N/c1-2-3-4-5-6-12-7-9-13(11-14)10-8-12/h2-4,7-10H,1,5-6H2. The van der Waals surface area contributed by atoms with Crippen molar-refractivity contribution in [3.8, 4) is 6.07 Å². The molecular weight excluding hydrogens is 170 g/mol. The fourth-order valence-electron chi connectivity index (χ4n) is 1.19. The maximum Gasteiger partial charge on any atom is 0.0991 e. The Morgan fingerprint density at radius 1 is 1.29 bits per heavy atom. The average Bonchev–Trinajstić information content (AvgIpc) is 2.25. The Bertz CT molecular complexity index is 352. The summed E-state index contributed by atoms with van der Waals surface area (Å²) in [5, 5.41) is 8.60. The molecule has 0 aliphatic rings. The van der Waals surface area contributed by atoms with Crippen LogP contribution in [0.3, 0.4) is 0 Å². The highest BCUT2D eigenvalue weighted by atomic mass is 14.2. The first-order valence-corrected chi connectivity index (χ1v) is 4.63. The zero-order valence-corrected chi connectivity index (χ0v) is 8.11. The molecule has 0 aliphatic carbocycles. The molecule has 0 bridgehead atoms. The predicted octanol–water partition coefficient (Wildman–Crippen LogP) is 3.23. The second-order valence-electron chi connectivity index (χ2n) is 3.01. The monoisotopic (exact) mass is 183 g/mol. The van der Waals surface area contributed by atoms with Gasteiger partial charge >= 0.3 is 0 Å². The number of aryl methyl sites for hydroxylation is 1. The van der Waals surface area contributed by atoms with E-state index in [0.29, 0.717) is 0 Å². The van der Waals surface area contributed by atoms with Crippen LogP contribution in [0.5, 0.6) is 0 Å². The Morgan fingerprint density at radius 2 is 2.00 bits per heavy atom. The van der Waals surface area contributed by atoms with Gasteiger partial charge in [-0.05, 0) is 30.5 Å². The van der Waals surface area contributed by atoms with E-state index in [4.69, 9.17) is 5.26 Å². The summed E-state index contributed by atoms with van der Waals surface area (Å²) in [6, 6.07) is 9.81. The van der Waals surface area contributed by atoms with Crippen molar-refractivity contribution in [1.82, 2.24) is 0 Å². The van der Waals surface area contributed by atoms with Gasteiger partial charge in [0.2, 0.25) is 0 Å². The van der Waals surface area contributed by atoms with Crippen molar-refractivity contribution in [3.63, 3.8) is 0 Å². The second-order valence-corrected chi connectivity index (χ2v) is 3.01. The van der Waals surface area contributed by atoms with Crippen molar-refractivity contribution >= 4 is 0 Å². The molecule has 1 heteroatoms. The Kier molecular flexibility index (Phi) is 4.23. The van der Waals surface area contributed by atoms with E-state index in [1.54, 1.807) is 6.08 Å². The van der Waals surface area contributed by atoms with Gasteiger partial charge in [-0.15, -0.1) is 0 Å². The molecule has 0 unspecified atom stereocenters. The first kappa shape index (κ1) is 10.3. The van der Waals surface area contributed by atoms with Gasteiger partial charge in [0.25, 0.3) is 0 Å². The summed E-state index contributed by atoms with van der Waals surface area (Å²) in [5.41, 5.74) is 1.98. The summed E-state index contributed by atoms with van der Waals surface area (Å²) in [6.45, 7) is 3.61. The maximum absolute atomic E-state index is 8.60. The number of hydrogen-bond acceptors (Lipinski definition) is 1. The van der Waals surface area contributed by atoms with Gasteiger partial charge in [-0.3, -0.25) is 0 Å². The summed E-state index contributed by atoms with van der Waals surface area (Å²) in [6.07, 6.45) is 7.83. The molecule has 70 valence electrons. The van der Waals surface area contributed by atoms with E-state index < -0.39 is 0 Å². The third-order valence-corrected chi connectivity index (χ3v) is 1.95. The van der Waals surface area contributed by atoms with Gasteiger partial charge < -0.3 is 0 Å². The third kappa shape index (κ3) is 3.28. The van der Waals surface area contributed by atoms with Gasteiger partial charge in [0.1, 0.15) is 0 Å². The van der Waals surface area contributed by atoms with Crippen molar-refractivity contribution in [2.24, 2.45) is 0 Å². The lowest BCUT2D eigenvalue weighted by molar-refractivity contribution is 1.00. The fraction of sp³-hybridized carbons (Fsp3) is 0.154. The van der Waals surface area contributed by atoms with Crippen LogP contribution in [0.4, 0.5) is 0 Å². The molecule has 0 N–H and O–H groups in total. The smallest absolute Gasteiger partial charge is 0.0991 e. The largest absolute Gasteiger partial charge is 0.192 e. The van der Waals surface area contributed by atoms with Gasteiger partial charge in [-0.1, -0.05) is 36.9 Å². The average molecular weight is 183 g/mol. The normalized spacial score (nSPS) is 9.93. The summed E-state index contributed by atoms with van der Waals surface area (Å²) in [7, 11) is 0. The lowest BCUT2D eigenvalue weighted by Crippen LogP contribution is -1.83. The van der Waals surface area contributed by atoms with Crippen LogP contribution in [-0.2, 0) is 6.42 Å². The molecular formula is C13H13N. The summed E-state index contributed by atoms with van der Waals surface area (Å²) >= 11 is 0. The highest BCUT2D eigenvalue weighted by Gasteiger charge is 1.91. The minimum absolute atomic E-state index is 0.718. The lowest BCUT2D eigenvalue weighted by atomic mass is 10.1. The lowest BCUT2D eigenvalue weighted by Gasteiger charge is -1.97. The Labute approximate surface area is 85.0 Å². The van der Waals surface area contributed by atoms with E-state index in [9.17, 15) is 0 Å². The molecule has 1 nitrogen and oxygen atoms in total. The molecule has 1 aromatic rings. The van der Waals surface area contributed by atoms with Crippen molar-refractivity contribution in [2.45, 2.75) is 12.8 Å². The summed E-state index contributed by atoms with van der Waals surface area (Å²) < 4.78 is 0. The second kappa shape index (κ2) is 5.77. The quantitative estimate of drug-likeness (QED) is 0.657. The number of nitriles is 1. The minimum Gasteiger partial charge on any atom is -0.192 e. The highest BCUT2D eigenvalue weighted by Crippen LogP contribution is 2.06. The van der Waals surface area contributed by atoms with E-state index in [1.165, 1.54) is 5.56 Å². The molecule has 0 aromatic heterocycles. The van der Waals surface area contributed by atoms with E-state index in [2.05, 4.69) is 18.7 Å². The molecule has 14 heavy (non-hydrogen) atoms. The number of nitrogens with zero attached hydrogens (tertiary/aromatic N) is 1.